The molecule has 9 heterocycles. The Morgan fingerprint density at radius 3 is 1.23 bits per heavy atom. The lowest BCUT2D eigenvalue weighted by Crippen LogP contribution is -2.29. The third kappa shape index (κ3) is 21.8. The number of hydrogen-bond donors (Lipinski definition) is 1. The smallest absolute Gasteiger partial charge is 0.322 e. The zero-order valence-electron chi connectivity index (χ0n) is 75.2. The largest absolute Gasteiger partial charge is 0.497 e. The number of hydrogen-bond acceptors (Lipinski definition) is 30. The summed E-state index contributed by atoms with van der Waals surface area (Å²) in [6, 6.07) is 53.2. The number of aliphatic hydroxyl groups is 1. The zero-order chi connectivity index (χ0) is 92.5. The van der Waals surface area contributed by atoms with E-state index in [1.807, 2.05) is 184 Å². The maximum atomic E-state index is 12.4. The van der Waals surface area contributed by atoms with Crippen LogP contribution in [0.15, 0.2) is 237 Å². The van der Waals surface area contributed by atoms with E-state index in [1.165, 1.54) is 39.3 Å². The molecule has 0 saturated heterocycles. The average molecular weight is 1800 g/mol. The van der Waals surface area contributed by atoms with E-state index in [9.17, 15) is 18.8 Å². The van der Waals surface area contributed by atoms with Gasteiger partial charge in [0, 0.05) is 208 Å². The molecule has 0 atom stereocenters. The summed E-state index contributed by atoms with van der Waals surface area (Å²) in [7, 11) is 16.1. The van der Waals surface area contributed by atoms with Gasteiger partial charge in [-0.15, -0.1) is 0 Å². The number of benzene rings is 8. The van der Waals surface area contributed by atoms with Crippen LogP contribution >= 0.6 is 0 Å². The zero-order valence-corrected chi connectivity index (χ0v) is 76.0. The van der Waals surface area contributed by atoms with E-state index in [1.54, 1.807) is 114 Å². The molecule has 1 N–H and O–H groups in total. The number of nitriles is 1. The summed E-state index contributed by atoms with van der Waals surface area (Å²) in [5, 5.41) is 39.1. The minimum atomic E-state index is -3.71. The molecular weight excluding hydrogens is 1700 g/mol. The molecule has 36 heteroatoms. The van der Waals surface area contributed by atoms with Crippen molar-refractivity contribution in [2.24, 2.45) is 20.0 Å². The Bertz CT molecular complexity index is 6990. The normalized spacial score (nSPS) is 11.7. The molecule has 1 saturated carbocycles. The Morgan fingerprint density at radius 2 is 0.833 bits per heavy atom. The van der Waals surface area contributed by atoms with Crippen LogP contribution in [0.2, 0.25) is 0 Å². The third-order valence-corrected chi connectivity index (χ3v) is 23.2. The second kappa shape index (κ2) is 41.6. The van der Waals surface area contributed by atoms with E-state index in [-0.39, 0.29) is 6.61 Å². The summed E-state index contributed by atoms with van der Waals surface area (Å²) in [6.45, 7) is 5.43. The van der Waals surface area contributed by atoms with Gasteiger partial charge in [-0.25, -0.2) is 19.9 Å². The second-order valence-electron chi connectivity index (χ2n) is 30.8. The highest BCUT2D eigenvalue weighted by Gasteiger charge is 2.28. The first-order valence-corrected chi connectivity index (χ1v) is 43.4. The first-order chi connectivity index (χ1) is 64.1. The number of rotatable bonds is 32. The molecule has 1 fully saturated rings. The SMILES string of the molecule is COCCN(c1cccc(OC)c1)c1ccc2ncc(-c3cnn(C)c3)nc2c1.COc1cc(OC)cc(N(CC2CC2)c2ccc3ncc(-c4cnn(S(=O)(=O)N(C)C)c4)nc3c2)c1.COc1cc(OC)cc(N(CCC#N)c2ccc3ncc(-c4cnn(C)c4)nc3c2)c1.COc1cc(OC)cc(N(Cc2cc(C)no2)c2ccc3ncc(-c4cnn(CCO)c4)nc3c2)c1. The number of aryl methyl sites for hydroxylation is 3. The maximum absolute atomic E-state index is 12.4. The van der Waals surface area contributed by atoms with Crippen LogP contribution in [-0.4, -0.2) is 205 Å². The Morgan fingerprint density at radius 1 is 0.439 bits per heavy atom. The van der Waals surface area contributed by atoms with Crippen molar-refractivity contribution >= 4 is 99.8 Å². The van der Waals surface area contributed by atoms with Gasteiger partial charge in [0.1, 0.15) is 40.2 Å². The predicted octanol–water partition coefficient (Wildman–Crippen LogP) is 15.8. The highest BCUT2D eigenvalue weighted by atomic mass is 32.2. The quantitative estimate of drug-likeness (QED) is 0.0409. The minimum Gasteiger partial charge on any atom is -0.497 e. The molecule has 0 spiro atoms. The van der Waals surface area contributed by atoms with E-state index in [2.05, 4.69) is 84.5 Å². The van der Waals surface area contributed by atoms with Gasteiger partial charge in [0.15, 0.2) is 5.76 Å². The van der Waals surface area contributed by atoms with Gasteiger partial charge in [-0.05, 0) is 111 Å². The standard InChI is InChI=1S/C26H26N6O4.C25H28N6O4S.C23H22N6O2.C22H23N5O2/c1-17-8-23(36-30-17)16-32(20-9-21(34-2)12-22(10-20)35-3)19-4-5-24-25(11-19)29-26(14-27-24)18-13-28-31(15-18)6-7-33;1-29(2)36(32,33)31-16-18(13-27-31)25-14-26-23-8-7-19(11-24(23)28-25)30(15-17-5-6-17)20-9-21(34-3)12-22(10-20)35-4;1-28-15-16(13-26-28)23-14-25-21-6-5-17(11-22(21)27-23)29(8-4-7-24)18-9-19(30-2)12-20(10-18)31-3;1-26-15-16(13-24-26)22-14-23-20-8-7-18(12-21(20)25-22)27(9-10-28-2)17-5-4-6-19(11-17)29-3/h4-5,8-15,33H,6-7,16H2,1-3H3;7-14,16-17H,5-6,15H2,1-4H3;5-6,9-15H,4,8H2,1-3H3;4-8,11-15H,9-10H2,1-3H3. The van der Waals surface area contributed by atoms with Crippen LogP contribution < -0.4 is 52.8 Å². The van der Waals surface area contributed by atoms with E-state index < -0.39 is 10.2 Å². The van der Waals surface area contributed by atoms with Crippen molar-refractivity contribution in [2.75, 3.05) is 123 Å². The molecule has 0 amide bonds. The fourth-order valence-electron chi connectivity index (χ4n) is 14.5. The molecular formula is C96H99N23O12S. The van der Waals surface area contributed by atoms with Gasteiger partial charge in [0.2, 0.25) is 0 Å². The van der Waals surface area contributed by atoms with Crippen molar-refractivity contribution in [1.29, 1.82) is 5.26 Å². The summed E-state index contributed by atoms with van der Waals surface area (Å²) in [4.78, 5) is 46.0. The van der Waals surface area contributed by atoms with Crippen LogP contribution in [0.5, 0.6) is 40.2 Å². The fourth-order valence-corrected chi connectivity index (χ4v) is 15.2. The minimum absolute atomic E-state index is 0.0173. The lowest BCUT2D eigenvalue weighted by atomic mass is 10.1. The van der Waals surface area contributed by atoms with Gasteiger partial charge in [0.05, 0.1) is 217 Å². The number of fused-ring (bicyclic) bond motifs is 4. The van der Waals surface area contributed by atoms with Crippen molar-refractivity contribution in [3.05, 3.63) is 244 Å². The van der Waals surface area contributed by atoms with Gasteiger partial charge >= 0.3 is 10.2 Å². The second-order valence-corrected chi connectivity index (χ2v) is 32.8. The first-order valence-electron chi connectivity index (χ1n) is 42.0. The van der Waals surface area contributed by atoms with Crippen molar-refractivity contribution < 1.29 is 55.9 Å². The molecule has 0 bridgehead atoms. The number of aromatic nitrogens is 17. The Balaban J connectivity index is 0.000000135. The molecule has 35 nitrogen and oxygen atoms in total. The van der Waals surface area contributed by atoms with Gasteiger partial charge in [-0.1, -0.05) is 11.2 Å². The van der Waals surface area contributed by atoms with E-state index >= 15 is 0 Å². The summed E-state index contributed by atoms with van der Waals surface area (Å²) >= 11 is 0. The van der Waals surface area contributed by atoms with Crippen LogP contribution in [-0.2, 0) is 42.1 Å². The Kier molecular flexibility index (Phi) is 28.7. The molecule has 1 aliphatic rings. The topological polar surface area (TPSA) is 369 Å². The van der Waals surface area contributed by atoms with Gasteiger partial charge in [-0.2, -0.15) is 42.5 Å². The van der Waals surface area contributed by atoms with Crippen LogP contribution in [0, 0.1) is 24.2 Å². The number of methoxy groups -OCH3 is 8. The molecule has 18 rings (SSSR count). The first kappa shape index (κ1) is 91.1. The molecule has 676 valence electrons. The van der Waals surface area contributed by atoms with Crippen LogP contribution in [0.1, 0.15) is 30.7 Å². The van der Waals surface area contributed by atoms with Crippen molar-refractivity contribution in [3.63, 3.8) is 0 Å². The molecule has 0 aliphatic heterocycles. The molecule has 17 aromatic rings. The Hall–Kier alpha value is -15.7. The van der Waals surface area contributed by atoms with E-state index in [4.69, 9.17) is 62.4 Å². The predicted molar refractivity (Wildman–Crippen MR) is 505 cm³/mol. The highest BCUT2D eigenvalue weighted by Crippen LogP contribution is 2.42. The molecule has 1 aliphatic carbocycles. The van der Waals surface area contributed by atoms with Gasteiger partial charge in [0.25, 0.3) is 0 Å². The summed E-state index contributed by atoms with van der Waals surface area (Å²) in [5.41, 5.74) is 20.5. The van der Waals surface area contributed by atoms with E-state index in [0.29, 0.717) is 96.4 Å². The van der Waals surface area contributed by atoms with Gasteiger partial charge < -0.3 is 67.1 Å². The number of nitrogens with zero attached hydrogens (tertiary/aromatic N) is 23. The van der Waals surface area contributed by atoms with Crippen molar-refractivity contribution in [3.8, 4) is 91.3 Å². The summed E-state index contributed by atoms with van der Waals surface area (Å²) in [6.07, 6.45) is 23.5. The molecule has 0 unspecified atom stereocenters. The Labute approximate surface area is 762 Å². The van der Waals surface area contributed by atoms with Crippen LogP contribution in [0.4, 0.5) is 45.5 Å². The number of anilines is 8. The van der Waals surface area contributed by atoms with Crippen LogP contribution in [0.3, 0.4) is 0 Å². The maximum Gasteiger partial charge on any atom is 0.322 e. The summed E-state index contributed by atoms with van der Waals surface area (Å²) in [5.74, 6) is 6.29. The lowest BCUT2D eigenvalue weighted by molar-refractivity contribution is 0.207. The number of aliphatic hydroxyl groups excluding tert-OH is 1. The summed E-state index contributed by atoms with van der Waals surface area (Å²) < 4.78 is 81.1. The van der Waals surface area contributed by atoms with Crippen molar-refractivity contribution in [2.45, 2.75) is 39.3 Å². The van der Waals surface area contributed by atoms with Gasteiger partial charge in [-0.3, -0.25) is 34.0 Å². The highest BCUT2D eigenvalue weighted by molar-refractivity contribution is 7.87. The van der Waals surface area contributed by atoms with E-state index in [0.717, 1.165) is 150 Å². The molecule has 0 radical (unpaired) electrons. The third-order valence-electron chi connectivity index (χ3n) is 21.6. The monoisotopic (exact) mass is 1800 g/mol. The number of ether oxygens (including phenoxy) is 8. The molecule has 132 heavy (non-hydrogen) atoms. The molecule has 9 aromatic heterocycles. The average Bonchev–Trinajstić information content (AvgIpc) is 1.68. The fraction of sp³-hybridized carbons (Fsp3) is 0.250. The molecule has 8 aromatic carbocycles. The lowest BCUT2D eigenvalue weighted by Gasteiger charge is -2.26. The van der Waals surface area contributed by atoms with Crippen LogP contribution in [0.25, 0.3) is 89.2 Å². The van der Waals surface area contributed by atoms with Crippen molar-refractivity contribution in [1.82, 2.24) is 87.9 Å².